The normalized spacial score (nSPS) is 15.5. The van der Waals surface area contributed by atoms with Gasteiger partial charge in [0, 0.05) is 24.0 Å². The standard InChI is InChI=1S/C25H24ClN3O4S2/c1-17-4-7-21(8-5-17)35(31,32)28-12-10-18(11-13-28)24(30)29(16-20-3-2-14-33-20)25-27-22-9-6-19(26)15-23(22)34-25/h2-9,14-15,18H,10-13,16H2,1H3. The summed E-state index contributed by atoms with van der Waals surface area (Å²) in [5.74, 6) is 0.249. The van der Waals surface area contributed by atoms with Crippen LogP contribution >= 0.6 is 22.9 Å². The summed E-state index contributed by atoms with van der Waals surface area (Å²) in [5.41, 5.74) is 1.77. The number of hydrogen-bond donors (Lipinski definition) is 0. The number of aryl methyl sites for hydroxylation is 1. The highest BCUT2D eigenvalue weighted by molar-refractivity contribution is 7.89. The molecule has 2 aromatic carbocycles. The number of halogens is 1. The molecule has 0 unspecified atom stereocenters. The Hall–Kier alpha value is -2.72. The molecule has 0 saturated carbocycles. The molecule has 1 aliphatic rings. The Kier molecular flexibility index (Phi) is 6.67. The van der Waals surface area contributed by atoms with E-state index in [0.29, 0.717) is 28.8 Å². The average molecular weight is 530 g/mol. The molecule has 1 saturated heterocycles. The third-order valence-corrected chi connectivity index (χ3v) is 9.38. The molecule has 1 fully saturated rings. The summed E-state index contributed by atoms with van der Waals surface area (Å²) in [6.07, 6.45) is 2.45. The third-order valence-electron chi connectivity index (χ3n) is 6.19. The second kappa shape index (κ2) is 9.73. The van der Waals surface area contributed by atoms with Crippen LogP contribution in [0.4, 0.5) is 5.13 Å². The van der Waals surface area contributed by atoms with Gasteiger partial charge >= 0.3 is 0 Å². The van der Waals surface area contributed by atoms with Crippen LogP contribution in [-0.2, 0) is 21.4 Å². The lowest BCUT2D eigenvalue weighted by Crippen LogP contribution is -2.44. The number of hydrogen-bond acceptors (Lipinski definition) is 6. The molecule has 0 atom stereocenters. The highest BCUT2D eigenvalue weighted by Crippen LogP contribution is 2.34. The quantitative estimate of drug-likeness (QED) is 0.330. The van der Waals surface area contributed by atoms with Crippen molar-refractivity contribution in [1.29, 1.82) is 0 Å². The van der Waals surface area contributed by atoms with Crippen LogP contribution in [0.3, 0.4) is 0 Å². The predicted octanol–water partition coefficient (Wildman–Crippen LogP) is 5.49. The van der Waals surface area contributed by atoms with Crippen LogP contribution < -0.4 is 4.90 Å². The van der Waals surface area contributed by atoms with Gasteiger partial charge in [0.15, 0.2) is 5.13 Å². The molecule has 35 heavy (non-hydrogen) atoms. The molecule has 1 aliphatic heterocycles. The molecular weight excluding hydrogens is 506 g/mol. The Labute approximate surface area is 213 Å². The summed E-state index contributed by atoms with van der Waals surface area (Å²) in [6.45, 7) is 2.75. The summed E-state index contributed by atoms with van der Waals surface area (Å²) < 4.78 is 34.0. The lowest BCUT2D eigenvalue weighted by Gasteiger charge is -2.32. The highest BCUT2D eigenvalue weighted by atomic mass is 35.5. The number of sulfonamides is 1. The number of carbonyl (C=O) groups excluding carboxylic acids is 1. The van der Waals surface area contributed by atoms with Gasteiger partial charge in [0.05, 0.1) is 27.9 Å². The molecule has 5 rings (SSSR count). The number of carbonyl (C=O) groups is 1. The van der Waals surface area contributed by atoms with E-state index in [4.69, 9.17) is 16.0 Å². The first-order valence-corrected chi connectivity index (χ1v) is 13.9. The minimum atomic E-state index is -3.59. The van der Waals surface area contributed by atoms with Crippen molar-refractivity contribution in [2.75, 3.05) is 18.0 Å². The van der Waals surface area contributed by atoms with Crippen LogP contribution in [0, 0.1) is 12.8 Å². The molecule has 0 bridgehead atoms. The molecule has 0 spiro atoms. The highest BCUT2D eigenvalue weighted by Gasteiger charge is 2.35. The monoisotopic (exact) mass is 529 g/mol. The first-order valence-electron chi connectivity index (χ1n) is 11.3. The van der Waals surface area contributed by atoms with Crippen molar-refractivity contribution in [2.45, 2.75) is 31.2 Å². The fourth-order valence-electron chi connectivity index (χ4n) is 4.22. The maximum atomic E-state index is 13.7. The van der Waals surface area contributed by atoms with E-state index < -0.39 is 10.0 Å². The first kappa shape index (κ1) is 24.0. The van der Waals surface area contributed by atoms with E-state index in [-0.39, 0.29) is 36.4 Å². The number of aromatic nitrogens is 1. The van der Waals surface area contributed by atoms with Crippen molar-refractivity contribution in [3.63, 3.8) is 0 Å². The Morgan fingerprint density at radius 2 is 1.91 bits per heavy atom. The van der Waals surface area contributed by atoms with Crippen LogP contribution in [0.25, 0.3) is 10.2 Å². The average Bonchev–Trinajstić information content (AvgIpc) is 3.52. The summed E-state index contributed by atoms with van der Waals surface area (Å²) in [6, 6.07) is 15.9. The smallest absolute Gasteiger partial charge is 0.243 e. The van der Waals surface area contributed by atoms with Gasteiger partial charge in [0.2, 0.25) is 15.9 Å². The number of fused-ring (bicyclic) bond motifs is 1. The molecule has 10 heteroatoms. The minimum Gasteiger partial charge on any atom is -0.467 e. The fraction of sp³-hybridized carbons (Fsp3) is 0.280. The van der Waals surface area contributed by atoms with Crippen LogP contribution in [0.2, 0.25) is 5.02 Å². The number of nitrogens with zero attached hydrogens (tertiary/aromatic N) is 3. The minimum absolute atomic E-state index is 0.0843. The lowest BCUT2D eigenvalue weighted by molar-refractivity contribution is -0.123. The number of anilines is 1. The van der Waals surface area contributed by atoms with Crippen LogP contribution in [0.1, 0.15) is 24.2 Å². The van der Waals surface area contributed by atoms with E-state index in [1.807, 2.05) is 25.1 Å². The molecule has 0 radical (unpaired) electrons. The second-order valence-corrected chi connectivity index (χ2v) is 12.0. The van der Waals surface area contributed by atoms with Crippen molar-refractivity contribution in [3.8, 4) is 0 Å². The van der Waals surface area contributed by atoms with Gasteiger partial charge in [-0.25, -0.2) is 13.4 Å². The lowest BCUT2D eigenvalue weighted by atomic mass is 9.96. The summed E-state index contributed by atoms with van der Waals surface area (Å²) in [4.78, 5) is 20.3. The number of rotatable bonds is 6. The van der Waals surface area contributed by atoms with E-state index in [0.717, 1.165) is 15.8 Å². The first-order chi connectivity index (χ1) is 16.8. The topological polar surface area (TPSA) is 83.7 Å². The SMILES string of the molecule is Cc1ccc(S(=O)(=O)N2CCC(C(=O)N(Cc3ccco3)c3nc4ccc(Cl)cc4s3)CC2)cc1. The Bertz CT molecular complexity index is 1440. The van der Waals surface area contributed by atoms with E-state index >= 15 is 0 Å². The predicted molar refractivity (Wildman–Crippen MR) is 137 cm³/mol. The van der Waals surface area contributed by atoms with Crippen LogP contribution in [-0.4, -0.2) is 36.7 Å². The number of thiazole rings is 1. The zero-order valence-corrected chi connectivity index (χ0v) is 21.4. The van der Waals surface area contributed by atoms with Crippen molar-refractivity contribution in [2.24, 2.45) is 5.92 Å². The van der Waals surface area contributed by atoms with Gasteiger partial charge in [-0.1, -0.05) is 40.6 Å². The van der Waals surface area contributed by atoms with E-state index in [1.165, 1.54) is 15.6 Å². The van der Waals surface area contributed by atoms with Crippen molar-refractivity contribution >= 4 is 54.2 Å². The summed E-state index contributed by atoms with van der Waals surface area (Å²) in [5, 5.41) is 1.18. The van der Waals surface area contributed by atoms with Crippen molar-refractivity contribution in [1.82, 2.24) is 9.29 Å². The zero-order chi connectivity index (χ0) is 24.6. The van der Waals surface area contributed by atoms with Gasteiger partial charge in [-0.15, -0.1) is 0 Å². The summed E-state index contributed by atoms with van der Waals surface area (Å²) in [7, 11) is -3.59. The molecule has 1 amide bonds. The molecule has 2 aromatic heterocycles. The summed E-state index contributed by atoms with van der Waals surface area (Å²) >= 11 is 7.54. The number of furan rings is 1. The van der Waals surface area contributed by atoms with Gasteiger partial charge in [0.25, 0.3) is 0 Å². The Morgan fingerprint density at radius 3 is 2.60 bits per heavy atom. The molecule has 7 nitrogen and oxygen atoms in total. The molecule has 4 aromatic rings. The van der Waals surface area contributed by atoms with Gasteiger partial charge in [-0.3, -0.25) is 9.69 Å². The number of benzene rings is 2. The molecule has 0 aliphatic carbocycles. The van der Waals surface area contributed by atoms with Gasteiger partial charge in [-0.05, 0) is 62.2 Å². The van der Waals surface area contributed by atoms with Crippen LogP contribution in [0.5, 0.6) is 0 Å². The van der Waals surface area contributed by atoms with Crippen molar-refractivity contribution in [3.05, 3.63) is 77.2 Å². The fourth-order valence-corrected chi connectivity index (χ4v) is 6.94. The molecule has 0 N–H and O–H groups in total. The van der Waals surface area contributed by atoms with Crippen molar-refractivity contribution < 1.29 is 17.6 Å². The largest absolute Gasteiger partial charge is 0.467 e. The molecule has 182 valence electrons. The second-order valence-electron chi connectivity index (χ2n) is 8.60. The number of amides is 1. The molecule has 3 heterocycles. The Balaban J connectivity index is 1.35. The van der Waals surface area contributed by atoms with E-state index in [2.05, 4.69) is 4.98 Å². The van der Waals surface area contributed by atoms with Gasteiger partial charge in [0.1, 0.15) is 5.76 Å². The van der Waals surface area contributed by atoms with Gasteiger partial charge in [-0.2, -0.15) is 4.31 Å². The zero-order valence-electron chi connectivity index (χ0n) is 19.1. The maximum absolute atomic E-state index is 13.7. The van der Waals surface area contributed by atoms with Gasteiger partial charge < -0.3 is 4.42 Å². The van der Waals surface area contributed by atoms with E-state index in [1.54, 1.807) is 47.6 Å². The maximum Gasteiger partial charge on any atom is 0.243 e. The molecular formula is C25H24ClN3O4S2. The number of piperidine rings is 1. The Morgan fingerprint density at radius 1 is 1.17 bits per heavy atom. The third kappa shape index (κ3) is 4.99. The van der Waals surface area contributed by atoms with E-state index in [9.17, 15) is 13.2 Å². The van der Waals surface area contributed by atoms with Crippen LogP contribution in [0.15, 0.2) is 70.2 Å².